The van der Waals surface area contributed by atoms with Crippen molar-refractivity contribution < 1.29 is 19.3 Å². The van der Waals surface area contributed by atoms with E-state index < -0.39 is 11.4 Å². The first kappa shape index (κ1) is 15.4. The van der Waals surface area contributed by atoms with Crippen LogP contribution in [0.1, 0.15) is 66.7 Å². The van der Waals surface area contributed by atoms with E-state index in [-0.39, 0.29) is 11.9 Å². The fraction of sp³-hybridized carbons (Fsp3) is 0.929. The van der Waals surface area contributed by atoms with Crippen LogP contribution >= 0.6 is 0 Å². The van der Waals surface area contributed by atoms with Crippen LogP contribution in [0.4, 0.5) is 0 Å². The summed E-state index contributed by atoms with van der Waals surface area (Å²) in [7, 11) is 0. The zero-order chi connectivity index (χ0) is 13.8. The summed E-state index contributed by atoms with van der Waals surface area (Å²) >= 11 is 0. The maximum Gasteiger partial charge on any atom is 0.309 e. The van der Waals surface area contributed by atoms with Crippen molar-refractivity contribution in [2.75, 3.05) is 0 Å². The second-order valence-electron chi connectivity index (χ2n) is 6.21. The van der Waals surface area contributed by atoms with E-state index in [1.807, 2.05) is 27.7 Å². The smallest absolute Gasteiger partial charge is 0.309 e. The van der Waals surface area contributed by atoms with Crippen LogP contribution < -0.4 is 0 Å². The Labute approximate surface area is 110 Å². The first-order chi connectivity index (χ1) is 8.26. The SMILES string of the molecule is CCCCC(CCC1(C)OO1)C(=O)OC(C)(C)C. The van der Waals surface area contributed by atoms with Gasteiger partial charge >= 0.3 is 5.97 Å². The molecule has 0 aliphatic carbocycles. The van der Waals surface area contributed by atoms with Gasteiger partial charge in [0.2, 0.25) is 5.79 Å². The third kappa shape index (κ3) is 5.83. The topological polar surface area (TPSA) is 51.4 Å². The first-order valence-corrected chi connectivity index (χ1v) is 6.85. The minimum atomic E-state index is -0.466. The first-order valence-electron chi connectivity index (χ1n) is 6.85. The largest absolute Gasteiger partial charge is 0.460 e. The lowest BCUT2D eigenvalue weighted by Gasteiger charge is -2.24. The van der Waals surface area contributed by atoms with Gasteiger partial charge in [-0.2, -0.15) is 9.78 Å². The lowest BCUT2D eigenvalue weighted by atomic mass is 9.94. The molecule has 1 unspecified atom stereocenters. The predicted octanol–water partition coefficient (Wildman–Crippen LogP) is 3.59. The van der Waals surface area contributed by atoms with Crippen LogP contribution in [-0.2, 0) is 19.3 Å². The van der Waals surface area contributed by atoms with E-state index in [2.05, 4.69) is 6.92 Å². The van der Waals surface area contributed by atoms with Crippen LogP contribution in [0.25, 0.3) is 0 Å². The normalized spacial score (nSPS) is 19.4. The summed E-state index contributed by atoms with van der Waals surface area (Å²) < 4.78 is 5.46. The van der Waals surface area contributed by atoms with Crippen molar-refractivity contribution in [2.24, 2.45) is 5.92 Å². The molecule has 18 heavy (non-hydrogen) atoms. The van der Waals surface area contributed by atoms with E-state index in [0.717, 1.165) is 32.1 Å². The zero-order valence-electron chi connectivity index (χ0n) is 12.2. The number of carbonyl (C=O) groups is 1. The third-order valence-corrected chi connectivity index (χ3v) is 2.96. The van der Waals surface area contributed by atoms with Gasteiger partial charge in [0.1, 0.15) is 5.60 Å². The van der Waals surface area contributed by atoms with E-state index >= 15 is 0 Å². The Morgan fingerprint density at radius 2 is 1.89 bits per heavy atom. The van der Waals surface area contributed by atoms with E-state index in [4.69, 9.17) is 14.5 Å². The molecule has 0 radical (unpaired) electrons. The van der Waals surface area contributed by atoms with Gasteiger partial charge in [-0.25, -0.2) is 0 Å². The molecule has 0 aromatic heterocycles. The number of hydrogen-bond acceptors (Lipinski definition) is 4. The molecule has 1 aliphatic rings. The lowest BCUT2D eigenvalue weighted by molar-refractivity contribution is -0.160. The highest BCUT2D eigenvalue weighted by Crippen LogP contribution is 2.35. The molecule has 106 valence electrons. The van der Waals surface area contributed by atoms with Gasteiger partial charge in [-0.15, -0.1) is 0 Å². The summed E-state index contributed by atoms with van der Waals surface area (Å²) in [4.78, 5) is 21.9. The summed E-state index contributed by atoms with van der Waals surface area (Å²) in [5, 5.41) is 0. The Balaban J connectivity index is 2.45. The van der Waals surface area contributed by atoms with Gasteiger partial charge in [0.25, 0.3) is 0 Å². The molecule has 0 aromatic carbocycles. The minimum absolute atomic E-state index is 0.0474. The molecular weight excluding hydrogens is 232 g/mol. The monoisotopic (exact) mass is 258 g/mol. The van der Waals surface area contributed by atoms with Gasteiger partial charge in [-0.05, 0) is 40.5 Å². The standard InChI is InChI=1S/C14H26O4/c1-6-7-8-11(9-10-14(5)17-18-14)12(15)16-13(2,3)4/h11H,6-10H2,1-5H3. The van der Waals surface area contributed by atoms with Crippen LogP contribution in [0.2, 0.25) is 0 Å². The van der Waals surface area contributed by atoms with Crippen LogP contribution in [0.15, 0.2) is 0 Å². The van der Waals surface area contributed by atoms with E-state index in [1.165, 1.54) is 0 Å². The number of unbranched alkanes of at least 4 members (excludes halogenated alkanes) is 1. The Morgan fingerprint density at radius 3 is 2.33 bits per heavy atom. The molecule has 1 heterocycles. The molecule has 0 saturated carbocycles. The van der Waals surface area contributed by atoms with Crippen LogP contribution in [0.5, 0.6) is 0 Å². The summed E-state index contributed by atoms with van der Waals surface area (Å²) in [5.74, 6) is -0.610. The molecule has 1 rings (SSSR count). The molecule has 1 fully saturated rings. The lowest BCUT2D eigenvalue weighted by Crippen LogP contribution is -2.29. The van der Waals surface area contributed by atoms with Gasteiger partial charge in [0.05, 0.1) is 5.92 Å². The Morgan fingerprint density at radius 1 is 1.28 bits per heavy atom. The fourth-order valence-electron chi connectivity index (χ4n) is 1.81. The Hall–Kier alpha value is -0.610. The van der Waals surface area contributed by atoms with Crippen LogP contribution in [0.3, 0.4) is 0 Å². The van der Waals surface area contributed by atoms with Crippen LogP contribution in [-0.4, -0.2) is 17.4 Å². The molecule has 1 saturated heterocycles. The summed E-state index contributed by atoms with van der Waals surface area (Å²) in [6.07, 6.45) is 4.50. The van der Waals surface area contributed by atoms with Crippen molar-refractivity contribution in [1.82, 2.24) is 0 Å². The third-order valence-electron chi connectivity index (χ3n) is 2.96. The quantitative estimate of drug-likeness (QED) is 0.398. The zero-order valence-corrected chi connectivity index (χ0v) is 12.2. The van der Waals surface area contributed by atoms with Gasteiger partial charge in [0.15, 0.2) is 0 Å². The van der Waals surface area contributed by atoms with Crippen molar-refractivity contribution in [3.05, 3.63) is 0 Å². The second-order valence-corrected chi connectivity index (χ2v) is 6.21. The molecule has 1 aliphatic heterocycles. The van der Waals surface area contributed by atoms with E-state index in [1.54, 1.807) is 0 Å². The maximum atomic E-state index is 12.1. The van der Waals surface area contributed by atoms with E-state index in [0.29, 0.717) is 0 Å². The highest BCUT2D eigenvalue weighted by atomic mass is 17.4. The number of ether oxygens (including phenoxy) is 1. The summed E-state index contributed by atoms with van der Waals surface area (Å²) in [5.41, 5.74) is -0.419. The predicted molar refractivity (Wildman–Crippen MR) is 68.7 cm³/mol. The molecule has 0 bridgehead atoms. The molecule has 0 aromatic rings. The van der Waals surface area contributed by atoms with Crippen molar-refractivity contribution in [1.29, 1.82) is 0 Å². The number of hydrogen-bond donors (Lipinski definition) is 0. The van der Waals surface area contributed by atoms with E-state index in [9.17, 15) is 4.79 Å². The average molecular weight is 258 g/mol. The number of carbonyl (C=O) groups excluding carboxylic acids is 1. The molecule has 1 atom stereocenters. The number of rotatable bonds is 7. The molecule has 0 N–H and O–H groups in total. The molecule has 0 amide bonds. The summed E-state index contributed by atoms with van der Waals surface area (Å²) in [6.45, 7) is 9.71. The van der Waals surface area contributed by atoms with Gasteiger partial charge in [-0.1, -0.05) is 19.8 Å². The minimum Gasteiger partial charge on any atom is -0.460 e. The highest BCUT2D eigenvalue weighted by Gasteiger charge is 2.43. The van der Waals surface area contributed by atoms with Crippen molar-refractivity contribution in [2.45, 2.75) is 78.1 Å². The Kier molecular flexibility index (Phi) is 5.17. The van der Waals surface area contributed by atoms with Gasteiger partial charge < -0.3 is 4.74 Å². The number of esters is 1. The average Bonchev–Trinajstić information content (AvgIpc) is 2.94. The molecular formula is C14H26O4. The van der Waals surface area contributed by atoms with Crippen LogP contribution in [0, 0.1) is 5.92 Å². The summed E-state index contributed by atoms with van der Waals surface area (Å²) in [6, 6.07) is 0. The molecule has 4 nitrogen and oxygen atoms in total. The van der Waals surface area contributed by atoms with Crippen molar-refractivity contribution in [3.63, 3.8) is 0 Å². The van der Waals surface area contributed by atoms with Crippen molar-refractivity contribution in [3.8, 4) is 0 Å². The Bertz CT molecular complexity index is 276. The second kappa shape index (κ2) is 6.02. The van der Waals surface area contributed by atoms with Crippen molar-refractivity contribution >= 4 is 5.97 Å². The maximum absolute atomic E-state index is 12.1. The molecule has 4 heteroatoms. The highest BCUT2D eigenvalue weighted by molar-refractivity contribution is 5.72. The van der Waals surface area contributed by atoms with Gasteiger partial charge in [-0.3, -0.25) is 4.79 Å². The fourth-order valence-corrected chi connectivity index (χ4v) is 1.81. The molecule has 0 spiro atoms. The van der Waals surface area contributed by atoms with Gasteiger partial charge in [0, 0.05) is 6.42 Å².